The normalized spacial score (nSPS) is 10.3. The van der Waals surface area contributed by atoms with Crippen LogP contribution in [-0.2, 0) is 0 Å². The predicted molar refractivity (Wildman–Crippen MR) is 73.3 cm³/mol. The molecule has 0 unspecified atom stereocenters. The van der Waals surface area contributed by atoms with E-state index < -0.39 is 11.7 Å². The average molecular weight is 299 g/mol. The number of amides is 1. The molecule has 2 rings (SSSR count). The maximum absolute atomic E-state index is 13.5. The van der Waals surface area contributed by atoms with Crippen LogP contribution in [0.3, 0.4) is 0 Å². The first-order valence-corrected chi connectivity index (χ1v) is 6.11. The van der Waals surface area contributed by atoms with Gasteiger partial charge in [0.25, 0.3) is 5.91 Å². The van der Waals surface area contributed by atoms with E-state index in [4.69, 9.17) is 23.2 Å². The molecule has 0 radical (unpaired) electrons. The lowest BCUT2D eigenvalue weighted by molar-refractivity contribution is 0.102. The minimum Gasteiger partial charge on any atom is -0.319 e. The average Bonchev–Trinajstić information content (AvgIpc) is 2.37. The van der Waals surface area contributed by atoms with Crippen LogP contribution in [0.15, 0.2) is 30.5 Å². The number of anilines is 1. The van der Waals surface area contributed by atoms with Gasteiger partial charge in [0.15, 0.2) is 0 Å². The van der Waals surface area contributed by atoms with E-state index in [1.54, 1.807) is 13.0 Å². The molecular weight excluding hydrogens is 290 g/mol. The van der Waals surface area contributed by atoms with Crippen LogP contribution in [0.1, 0.15) is 15.9 Å². The number of benzene rings is 1. The minimum absolute atomic E-state index is 0.107. The van der Waals surface area contributed by atoms with Crippen LogP contribution in [-0.4, -0.2) is 10.9 Å². The van der Waals surface area contributed by atoms with Gasteiger partial charge in [0.1, 0.15) is 11.0 Å². The van der Waals surface area contributed by atoms with Gasteiger partial charge < -0.3 is 5.32 Å². The Morgan fingerprint density at radius 2 is 2.05 bits per heavy atom. The maximum atomic E-state index is 13.5. The van der Waals surface area contributed by atoms with Crippen molar-refractivity contribution in [3.05, 3.63) is 57.6 Å². The highest BCUT2D eigenvalue weighted by Gasteiger charge is 2.11. The highest BCUT2D eigenvalue weighted by molar-refractivity contribution is 6.41. The van der Waals surface area contributed by atoms with Crippen molar-refractivity contribution in [3.8, 4) is 0 Å². The summed E-state index contributed by atoms with van der Waals surface area (Å²) < 4.78 is 13.5. The first-order valence-electron chi connectivity index (χ1n) is 5.36. The lowest BCUT2D eigenvalue weighted by atomic mass is 10.2. The van der Waals surface area contributed by atoms with Gasteiger partial charge >= 0.3 is 0 Å². The van der Waals surface area contributed by atoms with Crippen LogP contribution >= 0.6 is 23.2 Å². The second-order valence-electron chi connectivity index (χ2n) is 3.93. The molecule has 0 saturated carbocycles. The van der Waals surface area contributed by atoms with Gasteiger partial charge in [-0.25, -0.2) is 9.37 Å². The number of nitrogens with zero attached hydrogens (tertiary/aromatic N) is 1. The molecule has 6 heteroatoms. The summed E-state index contributed by atoms with van der Waals surface area (Å²) in [5.41, 5.74) is 1.15. The number of hydrogen-bond acceptors (Lipinski definition) is 2. The Hall–Kier alpha value is -1.65. The van der Waals surface area contributed by atoms with Crippen molar-refractivity contribution in [2.45, 2.75) is 6.92 Å². The molecule has 0 bridgehead atoms. The van der Waals surface area contributed by atoms with E-state index in [2.05, 4.69) is 10.3 Å². The second kappa shape index (κ2) is 5.55. The zero-order valence-corrected chi connectivity index (χ0v) is 11.4. The Kier molecular flexibility index (Phi) is 4.02. The molecular formula is C13H9Cl2FN2O. The fraction of sp³-hybridized carbons (Fsp3) is 0.0769. The summed E-state index contributed by atoms with van der Waals surface area (Å²) in [5.74, 6) is -1.01. The van der Waals surface area contributed by atoms with Crippen molar-refractivity contribution in [2.24, 2.45) is 0 Å². The fourth-order valence-electron chi connectivity index (χ4n) is 1.47. The van der Waals surface area contributed by atoms with Crippen LogP contribution < -0.4 is 5.32 Å². The maximum Gasteiger partial charge on any atom is 0.257 e. The topological polar surface area (TPSA) is 42.0 Å². The van der Waals surface area contributed by atoms with Crippen LogP contribution in [0.4, 0.5) is 10.1 Å². The predicted octanol–water partition coefficient (Wildman–Crippen LogP) is 4.09. The minimum atomic E-state index is -0.507. The molecule has 98 valence electrons. The van der Waals surface area contributed by atoms with Crippen molar-refractivity contribution >= 4 is 34.8 Å². The smallest absolute Gasteiger partial charge is 0.257 e. The molecule has 2 aromatic rings. The number of nitrogens with one attached hydrogen (secondary N) is 1. The number of aryl methyl sites for hydroxylation is 1. The lowest BCUT2D eigenvalue weighted by Gasteiger charge is -2.07. The van der Waals surface area contributed by atoms with E-state index in [1.165, 1.54) is 24.4 Å². The third kappa shape index (κ3) is 3.22. The van der Waals surface area contributed by atoms with E-state index in [0.29, 0.717) is 0 Å². The van der Waals surface area contributed by atoms with Crippen LogP contribution in [0.5, 0.6) is 0 Å². The molecule has 0 spiro atoms. The Balaban J connectivity index is 2.25. The molecule has 1 amide bonds. The summed E-state index contributed by atoms with van der Waals surface area (Å²) in [4.78, 5) is 15.7. The van der Waals surface area contributed by atoms with E-state index in [1.807, 2.05) is 0 Å². The van der Waals surface area contributed by atoms with Crippen LogP contribution in [0, 0.1) is 12.7 Å². The van der Waals surface area contributed by atoms with Crippen molar-refractivity contribution in [2.75, 3.05) is 5.32 Å². The molecule has 1 aromatic carbocycles. The summed E-state index contributed by atoms with van der Waals surface area (Å²) in [5, 5.41) is 2.74. The van der Waals surface area contributed by atoms with E-state index in [0.717, 1.165) is 5.56 Å². The molecule has 0 aliphatic carbocycles. The standard InChI is InChI=1S/C13H9Cl2FN2O/c1-7-2-3-10(16)11(4-7)18-13(19)8-5-9(14)12(15)17-6-8/h2-6H,1H3,(H,18,19). The molecule has 19 heavy (non-hydrogen) atoms. The van der Waals surface area contributed by atoms with Gasteiger partial charge in [-0.1, -0.05) is 29.3 Å². The number of halogens is 3. The SMILES string of the molecule is Cc1ccc(F)c(NC(=O)c2cnc(Cl)c(Cl)c2)c1. The first-order chi connectivity index (χ1) is 8.97. The second-order valence-corrected chi connectivity index (χ2v) is 4.70. The van der Waals surface area contributed by atoms with Crippen molar-refractivity contribution in [3.63, 3.8) is 0 Å². The summed E-state index contributed by atoms with van der Waals surface area (Å²) >= 11 is 11.4. The monoisotopic (exact) mass is 298 g/mol. The molecule has 1 aromatic heterocycles. The third-order valence-corrected chi connectivity index (χ3v) is 3.11. The molecule has 0 saturated heterocycles. The van der Waals surface area contributed by atoms with Gasteiger partial charge in [-0.05, 0) is 30.7 Å². The molecule has 1 N–H and O–H groups in total. The Morgan fingerprint density at radius 3 is 2.74 bits per heavy atom. The van der Waals surface area contributed by atoms with Gasteiger partial charge in [-0.3, -0.25) is 4.79 Å². The van der Waals surface area contributed by atoms with Crippen molar-refractivity contribution < 1.29 is 9.18 Å². The number of aromatic nitrogens is 1. The van der Waals surface area contributed by atoms with Crippen LogP contribution in [0.2, 0.25) is 10.2 Å². The Morgan fingerprint density at radius 1 is 1.32 bits per heavy atom. The van der Waals surface area contributed by atoms with Crippen LogP contribution in [0.25, 0.3) is 0 Å². The Bertz CT molecular complexity index is 647. The quantitative estimate of drug-likeness (QED) is 0.849. The zero-order chi connectivity index (χ0) is 14.0. The Labute approximate surface area is 119 Å². The van der Waals surface area contributed by atoms with E-state index in [-0.39, 0.29) is 21.4 Å². The number of carbonyl (C=O) groups is 1. The number of carbonyl (C=O) groups excluding carboxylic acids is 1. The van der Waals surface area contributed by atoms with Crippen molar-refractivity contribution in [1.29, 1.82) is 0 Å². The summed E-state index contributed by atoms with van der Waals surface area (Å²) in [6, 6.07) is 5.82. The largest absolute Gasteiger partial charge is 0.319 e. The molecule has 0 fully saturated rings. The highest BCUT2D eigenvalue weighted by Crippen LogP contribution is 2.21. The van der Waals surface area contributed by atoms with Gasteiger partial charge in [0.05, 0.1) is 16.3 Å². The fourth-order valence-corrected chi connectivity index (χ4v) is 1.74. The van der Waals surface area contributed by atoms with E-state index >= 15 is 0 Å². The zero-order valence-electron chi connectivity index (χ0n) is 9.88. The third-order valence-electron chi connectivity index (χ3n) is 2.43. The molecule has 0 aliphatic rings. The van der Waals surface area contributed by atoms with Gasteiger partial charge in [-0.15, -0.1) is 0 Å². The molecule has 3 nitrogen and oxygen atoms in total. The summed E-state index contributed by atoms with van der Waals surface area (Å²) in [6.45, 7) is 1.80. The number of rotatable bonds is 2. The number of pyridine rings is 1. The van der Waals surface area contributed by atoms with Crippen molar-refractivity contribution in [1.82, 2.24) is 4.98 Å². The summed E-state index contributed by atoms with van der Waals surface area (Å²) in [7, 11) is 0. The first kappa shape index (κ1) is 13.8. The van der Waals surface area contributed by atoms with E-state index in [9.17, 15) is 9.18 Å². The van der Waals surface area contributed by atoms with Gasteiger partial charge in [0, 0.05) is 6.20 Å². The molecule has 0 aliphatic heterocycles. The summed E-state index contributed by atoms with van der Waals surface area (Å²) in [6.07, 6.45) is 1.28. The molecule has 1 heterocycles. The number of hydrogen-bond donors (Lipinski definition) is 1. The lowest BCUT2D eigenvalue weighted by Crippen LogP contribution is -2.13. The highest BCUT2D eigenvalue weighted by atomic mass is 35.5. The van der Waals surface area contributed by atoms with Gasteiger partial charge in [0.2, 0.25) is 0 Å². The van der Waals surface area contributed by atoms with Gasteiger partial charge in [-0.2, -0.15) is 0 Å². The molecule has 0 atom stereocenters.